The Hall–Kier alpha value is -1.67. The molecule has 0 bridgehead atoms. The Kier molecular flexibility index (Phi) is 4.19. The van der Waals surface area contributed by atoms with E-state index in [1.165, 1.54) is 29.1 Å². The molecular formula is C17H25N5O2S. The monoisotopic (exact) mass is 363 g/mol. The van der Waals surface area contributed by atoms with E-state index in [0.717, 1.165) is 37.3 Å². The molecule has 1 aliphatic heterocycles. The minimum absolute atomic E-state index is 0.405. The Labute approximate surface area is 148 Å². The second-order valence-electron chi connectivity index (χ2n) is 7.40. The van der Waals surface area contributed by atoms with Gasteiger partial charge in [0, 0.05) is 45.0 Å². The van der Waals surface area contributed by atoms with E-state index in [4.69, 9.17) is 0 Å². The summed E-state index contributed by atoms with van der Waals surface area (Å²) in [5, 5.41) is 4.69. The molecule has 2 fully saturated rings. The average molecular weight is 363 g/mol. The van der Waals surface area contributed by atoms with Crippen LogP contribution in [0.5, 0.6) is 0 Å². The smallest absolute Gasteiger partial charge is 0.210 e. The maximum atomic E-state index is 11.6. The van der Waals surface area contributed by atoms with Gasteiger partial charge in [0.15, 0.2) is 5.82 Å². The Balaban J connectivity index is 1.46. The van der Waals surface area contributed by atoms with Crippen molar-refractivity contribution in [3.63, 3.8) is 0 Å². The van der Waals surface area contributed by atoms with Gasteiger partial charge in [0.25, 0.3) is 0 Å². The minimum atomic E-state index is -3.10. The average Bonchev–Trinajstić information content (AvgIpc) is 3.33. The van der Waals surface area contributed by atoms with E-state index >= 15 is 0 Å². The van der Waals surface area contributed by atoms with Crippen molar-refractivity contribution in [2.45, 2.75) is 31.6 Å². The second-order valence-corrected chi connectivity index (χ2v) is 9.49. The Morgan fingerprint density at radius 1 is 1.24 bits per heavy atom. The number of piperidine rings is 1. The molecule has 136 valence electrons. The molecule has 8 heteroatoms. The predicted molar refractivity (Wildman–Crippen MR) is 97.4 cm³/mol. The van der Waals surface area contributed by atoms with E-state index in [2.05, 4.69) is 21.0 Å². The maximum absolute atomic E-state index is 11.6. The molecule has 0 N–H and O–H groups in total. The molecule has 2 aromatic rings. The van der Waals surface area contributed by atoms with Gasteiger partial charge in [-0.1, -0.05) is 0 Å². The van der Waals surface area contributed by atoms with E-state index in [1.807, 2.05) is 16.9 Å². The third-order valence-electron chi connectivity index (χ3n) is 5.38. The first kappa shape index (κ1) is 16.8. The minimum Gasteiger partial charge on any atom is -0.355 e. The number of hydrogen-bond donors (Lipinski definition) is 0. The molecule has 0 atom stereocenters. The number of sulfonamides is 1. The molecule has 0 spiro atoms. The van der Waals surface area contributed by atoms with Gasteiger partial charge in [-0.2, -0.15) is 5.10 Å². The summed E-state index contributed by atoms with van der Waals surface area (Å²) in [5.74, 6) is 2.03. The molecule has 1 saturated carbocycles. The molecule has 4 rings (SSSR count). The lowest BCUT2D eigenvalue weighted by Crippen LogP contribution is -2.39. The zero-order valence-electron chi connectivity index (χ0n) is 14.8. The highest BCUT2D eigenvalue weighted by Crippen LogP contribution is 2.40. The molecule has 1 saturated heterocycles. The molecule has 25 heavy (non-hydrogen) atoms. The number of hydrogen-bond acceptors (Lipinski definition) is 5. The Bertz CT molecular complexity index is 866. The highest BCUT2D eigenvalue weighted by Gasteiger charge is 2.28. The van der Waals surface area contributed by atoms with Gasteiger partial charge in [-0.05, 0) is 37.7 Å². The van der Waals surface area contributed by atoms with Crippen LogP contribution in [-0.2, 0) is 10.0 Å². The van der Waals surface area contributed by atoms with Crippen LogP contribution in [0.25, 0.3) is 5.52 Å². The third kappa shape index (κ3) is 3.50. The van der Waals surface area contributed by atoms with Crippen molar-refractivity contribution in [3.8, 4) is 0 Å². The lowest BCUT2D eigenvalue weighted by atomic mass is 9.97. The molecule has 1 aliphatic carbocycles. The Morgan fingerprint density at radius 3 is 2.60 bits per heavy atom. The van der Waals surface area contributed by atoms with E-state index in [1.54, 1.807) is 7.05 Å². The second kappa shape index (κ2) is 6.25. The largest absolute Gasteiger partial charge is 0.355 e. The van der Waals surface area contributed by atoms with Crippen LogP contribution >= 0.6 is 0 Å². The van der Waals surface area contributed by atoms with Crippen LogP contribution in [0.2, 0.25) is 0 Å². The van der Waals surface area contributed by atoms with Crippen molar-refractivity contribution in [2.75, 3.05) is 37.8 Å². The normalized spacial score (nSPS) is 19.9. The SMILES string of the molecule is CN(CC1CCN(c2nccn3nc(C4CC4)cc23)CC1)S(C)(=O)=O. The van der Waals surface area contributed by atoms with Crippen molar-refractivity contribution in [3.05, 3.63) is 24.2 Å². The van der Waals surface area contributed by atoms with Gasteiger partial charge >= 0.3 is 0 Å². The lowest BCUT2D eigenvalue weighted by Gasteiger charge is -2.34. The molecule has 3 heterocycles. The molecule has 0 radical (unpaired) electrons. The summed E-state index contributed by atoms with van der Waals surface area (Å²) in [4.78, 5) is 6.92. The summed E-state index contributed by atoms with van der Waals surface area (Å²) in [7, 11) is -1.44. The zero-order valence-corrected chi connectivity index (χ0v) is 15.6. The topological polar surface area (TPSA) is 70.8 Å². The van der Waals surface area contributed by atoms with Gasteiger partial charge < -0.3 is 4.90 Å². The van der Waals surface area contributed by atoms with Crippen LogP contribution in [0.1, 0.15) is 37.3 Å². The molecule has 7 nitrogen and oxygen atoms in total. The van der Waals surface area contributed by atoms with Gasteiger partial charge in [0.1, 0.15) is 5.52 Å². The first-order valence-electron chi connectivity index (χ1n) is 8.92. The quantitative estimate of drug-likeness (QED) is 0.809. The fourth-order valence-electron chi connectivity index (χ4n) is 3.58. The molecule has 0 unspecified atom stereocenters. The lowest BCUT2D eigenvalue weighted by molar-refractivity contribution is 0.329. The molecular weight excluding hydrogens is 338 g/mol. The molecule has 0 aromatic carbocycles. The van der Waals surface area contributed by atoms with Crippen molar-refractivity contribution in [2.24, 2.45) is 5.92 Å². The van der Waals surface area contributed by atoms with Crippen LogP contribution in [0.4, 0.5) is 5.82 Å². The van der Waals surface area contributed by atoms with Gasteiger partial charge in [0.2, 0.25) is 10.0 Å². The van der Waals surface area contributed by atoms with E-state index in [-0.39, 0.29) is 0 Å². The molecule has 2 aromatic heterocycles. The standard InChI is InChI=1S/C17H25N5O2S/c1-20(25(2,23)24)12-13-5-8-21(9-6-13)17-16-11-15(14-3-4-14)19-22(16)10-7-18-17/h7,10-11,13-14H,3-6,8-9,12H2,1-2H3. The number of fused-ring (bicyclic) bond motifs is 1. The molecule has 2 aliphatic rings. The van der Waals surface area contributed by atoms with Crippen molar-refractivity contribution in [1.29, 1.82) is 0 Å². The fourth-order valence-corrected chi connectivity index (χ4v) is 4.06. The van der Waals surface area contributed by atoms with Gasteiger partial charge in [-0.25, -0.2) is 22.2 Å². The van der Waals surface area contributed by atoms with E-state index < -0.39 is 10.0 Å². The van der Waals surface area contributed by atoms with Gasteiger partial charge in [-0.15, -0.1) is 0 Å². The third-order valence-corrected chi connectivity index (χ3v) is 6.66. The predicted octanol–water partition coefficient (Wildman–Crippen LogP) is 1.71. The summed E-state index contributed by atoms with van der Waals surface area (Å²) in [5.41, 5.74) is 2.26. The summed E-state index contributed by atoms with van der Waals surface area (Å²) in [6, 6.07) is 2.18. The molecule has 0 amide bonds. The van der Waals surface area contributed by atoms with Gasteiger partial charge in [-0.3, -0.25) is 0 Å². The van der Waals surface area contributed by atoms with Crippen LogP contribution < -0.4 is 4.90 Å². The highest BCUT2D eigenvalue weighted by atomic mass is 32.2. The van der Waals surface area contributed by atoms with Crippen molar-refractivity contribution >= 4 is 21.4 Å². The summed E-state index contributed by atoms with van der Waals surface area (Å²) >= 11 is 0. The number of aromatic nitrogens is 3. The number of anilines is 1. The summed E-state index contributed by atoms with van der Waals surface area (Å²) < 4.78 is 26.6. The van der Waals surface area contributed by atoms with Gasteiger partial charge in [0.05, 0.1) is 11.9 Å². The van der Waals surface area contributed by atoms with E-state index in [9.17, 15) is 8.42 Å². The summed E-state index contributed by atoms with van der Waals surface area (Å²) in [6.07, 6.45) is 9.44. The van der Waals surface area contributed by atoms with Crippen LogP contribution in [0.15, 0.2) is 18.5 Å². The van der Waals surface area contributed by atoms with Crippen LogP contribution in [0, 0.1) is 5.92 Å². The zero-order chi connectivity index (χ0) is 17.6. The summed E-state index contributed by atoms with van der Waals surface area (Å²) in [6.45, 7) is 2.40. The fraction of sp³-hybridized carbons (Fsp3) is 0.647. The van der Waals surface area contributed by atoms with Crippen molar-refractivity contribution < 1.29 is 8.42 Å². The van der Waals surface area contributed by atoms with Crippen LogP contribution in [-0.4, -0.2) is 60.3 Å². The van der Waals surface area contributed by atoms with Crippen LogP contribution in [0.3, 0.4) is 0 Å². The first-order valence-corrected chi connectivity index (χ1v) is 10.8. The highest BCUT2D eigenvalue weighted by molar-refractivity contribution is 7.88. The van der Waals surface area contributed by atoms with Crippen molar-refractivity contribution in [1.82, 2.24) is 18.9 Å². The number of rotatable bonds is 5. The first-order chi connectivity index (χ1) is 11.9. The Morgan fingerprint density at radius 2 is 1.96 bits per heavy atom. The number of nitrogens with zero attached hydrogens (tertiary/aromatic N) is 5. The maximum Gasteiger partial charge on any atom is 0.210 e. The van der Waals surface area contributed by atoms with E-state index in [0.29, 0.717) is 18.4 Å².